The molecule has 2 aromatic carbocycles. The number of rotatable bonds is 5. The van der Waals surface area contributed by atoms with Gasteiger partial charge in [0.05, 0.1) is 13.2 Å². The molecule has 1 saturated carbocycles. The smallest absolute Gasteiger partial charge is 0.286 e. The van der Waals surface area contributed by atoms with Crippen molar-refractivity contribution in [2.24, 2.45) is 5.92 Å². The summed E-state index contributed by atoms with van der Waals surface area (Å²) in [6.07, 6.45) is 3.71. The zero-order valence-electron chi connectivity index (χ0n) is 17.0. The van der Waals surface area contributed by atoms with Crippen LogP contribution in [0.1, 0.15) is 30.4 Å². The summed E-state index contributed by atoms with van der Waals surface area (Å²) < 4.78 is 11.2. The molecule has 2 aliphatic rings. The molecule has 4 rings (SSSR count). The Labute approximate surface area is 176 Å². The molecule has 30 heavy (non-hydrogen) atoms. The third-order valence-electron chi connectivity index (χ3n) is 5.67. The first kappa shape index (κ1) is 20.0. The van der Waals surface area contributed by atoms with E-state index in [0.717, 1.165) is 29.7 Å². The first-order valence-electron chi connectivity index (χ1n) is 10.3. The maximum Gasteiger partial charge on any atom is 0.286 e. The lowest BCUT2D eigenvalue weighted by Crippen LogP contribution is -2.54. The van der Waals surface area contributed by atoms with Crippen molar-refractivity contribution in [3.8, 4) is 5.75 Å². The highest BCUT2D eigenvalue weighted by molar-refractivity contribution is 5.96. The second kappa shape index (κ2) is 9.03. The van der Waals surface area contributed by atoms with Gasteiger partial charge in [-0.05, 0) is 48.6 Å². The number of fused-ring (bicyclic) bond motifs is 1. The fraction of sp³-hybridized carbons (Fsp3) is 0.333. The standard InChI is InChI=1S/C24H26N2O4/c1-29-19-9-5-8-17(12-19)15-25-23(27)18-10-11-21-20(14-18)26-24(28)22(30-21)13-16-6-3-2-4-7-16/h2-9,12-13,18,20-21H,10-11,14-15H2,1H3,(H,25,27)(H,26,28)/b22-13-. The number of methoxy groups -OCH3 is 1. The van der Waals surface area contributed by atoms with Gasteiger partial charge in [0.25, 0.3) is 5.91 Å². The lowest BCUT2D eigenvalue weighted by Gasteiger charge is -2.39. The van der Waals surface area contributed by atoms with Gasteiger partial charge in [0.15, 0.2) is 5.76 Å². The molecule has 156 valence electrons. The predicted octanol–water partition coefficient (Wildman–Crippen LogP) is 3.04. The van der Waals surface area contributed by atoms with E-state index in [0.29, 0.717) is 18.7 Å². The fourth-order valence-corrected chi connectivity index (χ4v) is 4.05. The van der Waals surface area contributed by atoms with Crippen LogP contribution in [0.15, 0.2) is 60.4 Å². The summed E-state index contributed by atoms with van der Waals surface area (Å²) in [5.41, 5.74) is 1.91. The van der Waals surface area contributed by atoms with E-state index < -0.39 is 0 Å². The van der Waals surface area contributed by atoms with E-state index in [9.17, 15) is 9.59 Å². The van der Waals surface area contributed by atoms with Crippen LogP contribution in [0.25, 0.3) is 6.08 Å². The Kier molecular flexibility index (Phi) is 6.02. The lowest BCUT2D eigenvalue weighted by molar-refractivity contribution is -0.134. The molecule has 1 heterocycles. The first-order chi connectivity index (χ1) is 14.6. The normalized spacial score (nSPS) is 24.4. The third-order valence-corrected chi connectivity index (χ3v) is 5.67. The van der Waals surface area contributed by atoms with Crippen molar-refractivity contribution in [2.75, 3.05) is 7.11 Å². The Morgan fingerprint density at radius 2 is 2.03 bits per heavy atom. The Bertz CT molecular complexity index is 941. The van der Waals surface area contributed by atoms with Crippen LogP contribution in [0.5, 0.6) is 5.75 Å². The van der Waals surface area contributed by atoms with E-state index in [-0.39, 0.29) is 29.9 Å². The van der Waals surface area contributed by atoms with Gasteiger partial charge in [0, 0.05) is 12.5 Å². The van der Waals surface area contributed by atoms with Crippen molar-refractivity contribution >= 4 is 17.9 Å². The van der Waals surface area contributed by atoms with Gasteiger partial charge in [-0.2, -0.15) is 0 Å². The van der Waals surface area contributed by atoms with Gasteiger partial charge in [-0.25, -0.2) is 0 Å². The topological polar surface area (TPSA) is 76.7 Å². The third kappa shape index (κ3) is 4.64. The largest absolute Gasteiger partial charge is 0.497 e. The lowest BCUT2D eigenvalue weighted by atomic mass is 9.82. The summed E-state index contributed by atoms with van der Waals surface area (Å²) in [6.45, 7) is 0.452. The van der Waals surface area contributed by atoms with E-state index >= 15 is 0 Å². The van der Waals surface area contributed by atoms with Crippen LogP contribution in [-0.2, 0) is 20.9 Å². The molecule has 6 heteroatoms. The quantitative estimate of drug-likeness (QED) is 0.749. The van der Waals surface area contributed by atoms with Gasteiger partial charge < -0.3 is 20.1 Å². The molecule has 1 aliphatic carbocycles. The average Bonchev–Trinajstić information content (AvgIpc) is 2.78. The second-order valence-electron chi connectivity index (χ2n) is 7.73. The van der Waals surface area contributed by atoms with Gasteiger partial charge in [0.1, 0.15) is 11.9 Å². The van der Waals surface area contributed by atoms with E-state index in [2.05, 4.69) is 10.6 Å². The van der Waals surface area contributed by atoms with Crippen LogP contribution < -0.4 is 15.4 Å². The number of carbonyl (C=O) groups excluding carboxylic acids is 2. The van der Waals surface area contributed by atoms with E-state index in [1.165, 1.54) is 0 Å². The number of benzene rings is 2. The number of amides is 2. The molecule has 2 fully saturated rings. The molecule has 2 aromatic rings. The summed E-state index contributed by atoms with van der Waals surface area (Å²) in [6, 6.07) is 17.1. The Balaban J connectivity index is 1.33. The molecule has 3 unspecified atom stereocenters. The van der Waals surface area contributed by atoms with Gasteiger partial charge in [-0.1, -0.05) is 42.5 Å². The van der Waals surface area contributed by atoms with E-state index in [1.54, 1.807) is 13.2 Å². The molecule has 0 radical (unpaired) electrons. The van der Waals surface area contributed by atoms with Crippen LogP contribution in [0, 0.1) is 5.92 Å². The molecular formula is C24H26N2O4. The van der Waals surface area contributed by atoms with Crippen LogP contribution in [0.2, 0.25) is 0 Å². The summed E-state index contributed by atoms with van der Waals surface area (Å²) in [4.78, 5) is 25.2. The van der Waals surface area contributed by atoms with Crippen LogP contribution >= 0.6 is 0 Å². The maximum atomic E-state index is 12.7. The van der Waals surface area contributed by atoms with Gasteiger partial charge >= 0.3 is 0 Å². The van der Waals surface area contributed by atoms with Crippen LogP contribution in [0.4, 0.5) is 0 Å². The molecule has 2 amide bonds. The molecule has 1 aliphatic heterocycles. The van der Waals surface area contributed by atoms with Crippen molar-refractivity contribution in [1.29, 1.82) is 0 Å². The van der Waals surface area contributed by atoms with Crippen LogP contribution in [0.3, 0.4) is 0 Å². The van der Waals surface area contributed by atoms with Crippen molar-refractivity contribution < 1.29 is 19.1 Å². The van der Waals surface area contributed by atoms with Crippen molar-refractivity contribution in [3.05, 3.63) is 71.5 Å². The molecule has 3 atom stereocenters. The molecule has 0 bridgehead atoms. The second-order valence-corrected chi connectivity index (χ2v) is 7.73. The number of hydrogen-bond donors (Lipinski definition) is 2. The number of nitrogens with one attached hydrogen (secondary N) is 2. The van der Waals surface area contributed by atoms with Gasteiger partial charge in [-0.3, -0.25) is 9.59 Å². The van der Waals surface area contributed by atoms with Gasteiger partial charge in [0.2, 0.25) is 5.91 Å². The minimum Gasteiger partial charge on any atom is -0.497 e. The molecule has 0 aromatic heterocycles. The minimum atomic E-state index is -0.224. The number of ether oxygens (including phenoxy) is 2. The molecule has 2 N–H and O–H groups in total. The van der Waals surface area contributed by atoms with Crippen molar-refractivity contribution in [1.82, 2.24) is 10.6 Å². The highest BCUT2D eigenvalue weighted by atomic mass is 16.5. The zero-order valence-corrected chi connectivity index (χ0v) is 17.0. The summed E-state index contributed by atoms with van der Waals surface area (Å²) in [5.74, 6) is 0.751. The first-order valence-corrected chi connectivity index (χ1v) is 10.3. The van der Waals surface area contributed by atoms with E-state index in [4.69, 9.17) is 9.47 Å². The summed E-state index contributed by atoms with van der Waals surface area (Å²) in [5, 5.41) is 6.04. The number of carbonyl (C=O) groups is 2. The fourth-order valence-electron chi connectivity index (χ4n) is 4.05. The Morgan fingerprint density at radius 3 is 2.83 bits per heavy atom. The Hall–Kier alpha value is -3.28. The minimum absolute atomic E-state index is 0.0103. The van der Waals surface area contributed by atoms with Crippen molar-refractivity contribution in [2.45, 2.75) is 38.0 Å². The summed E-state index contributed by atoms with van der Waals surface area (Å²) >= 11 is 0. The van der Waals surface area contributed by atoms with Crippen LogP contribution in [-0.4, -0.2) is 31.1 Å². The number of hydrogen-bond acceptors (Lipinski definition) is 4. The molecule has 6 nitrogen and oxygen atoms in total. The monoisotopic (exact) mass is 406 g/mol. The zero-order chi connectivity index (χ0) is 20.9. The molecule has 0 spiro atoms. The van der Waals surface area contributed by atoms with E-state index in [1.807, 2.05) is 54.6 Å². The van der Waals surface area contributed by atoms with Crippen molar-refractivity contribution in [3.63, 3.8) is 0 Å². The SMILES string of the molecule is COc1cccc(CNC(=O)C2CCC3O/C(=C\c4ccccc4)C(=O)NC3C2)c1. The average molecular weight is 406 g/mol. The summed E-state index contributed by atoms with van der Waals surface area (Å²) in [7, 11) is 1.62. The highest BCUT2D eigenvalue weighted by Gasteiger charge is 2.40. The Morgan fingerprint density at radius 1 is 1.20 bits per heavy atom. The number of morpholine rings is 1. The maximum absolute atomic E-state index is 12.7. The van der Waals surface area contributed by atoms with Gasteiger partial charge in [-0.15, -0.1) is 0 Å². The molecule has 1 saturated heterocycles. The molecular weight excluding hydrogens is 380 g/mol. The predicted molar refractivity (Wildman–Crippen MR) is 113 cm³/mol. The highest BCUT2D eigenvalue weighted by Crippen LogP contribution is 2.31.